The SMILES string of the molecule is Cc1ccc(CCN[C@H](C(=O)Nc2ccc(C3CC3)nc2)c2ccccc2)cc1. The molecule has 29 heavy (non-hydrogen) atoms. The van der Waals surface area contributed by atoms with E-state index in [0.717, 1.165) is 29.9 Å². The zero-order chi connectivity index (χ0) is 20.1. The highest BCUT2D eigenvalue weighted by Gasteiger charge is 2.25. The number of carbonyl (C=O) groups excluding carboxylic acids is 1. The van der Waals surface area contributed by atoms with Gasteiger partial charge in [0.2, 0.25) is 5.91 Å². The third kappa shape index (κ3) is 5.30. The lowest BCUT2D eigenvalue weighted by Gasteiger charge is -2.19. The maximum Gasteiger partial charge on any atom is 0.246 e. The van der Waals surface area contributed by atoms with Gasteiger partial charge in [-0.2, -0.15) is 0 Å². The summed E-state index contributed by atoms with van der Waals surface area (Å²) in [5.74, 6) is 0.543. The smallest absolute Gasteiger partial charge is 0.246 e. The number of nitrogens with zero attached hydrogens (tertiary/aromatic N) is 1. The van der Waals surface area contributed by atoms with Crippen LogP contribution < -0.4 is 10.6 Å². The second-order valence-corrected chi connectivity index (χ2v) is 7.77. The Morgan fingerprint density at radius 3 is 2.45 bits per heavy atom. The molecule has 0 radical (unpaired) electrons. The molecule has 4 heteroatoms. The lowest BCUT2D eigenvalue weighted by Crippen LogP contribution is -2.34. The van der Waals surface area contributed by atoms with Crippen molar-refractivity contribution in [1.82, 2.24) is 10.3 Å². The Labute approximate surface area is 172 Å². The molecule has 2 aromatic carbocycles. The first-order valence-corrected chi connectivity index (χ1v) is 10.3. The van der Waals surface area contributed by atoms with Gasteiger partial charge in [-0.3, -0.25) is 9.78 Å². The minimum Gasteiger partial charge on any atom is -0.323 e. The van der Waals surface area contributed by atoms with E-state index in [4.69, 9.17) is 0 Å². The van der Waals surface area contributed by atoms with Crippen molar-refractivity contribution in [1.29, 1.82) is 0 Å². The number of rotatable bonds is 8. The molecule has 1 aliphatic carbocycles. The fraction of sp³-hybridized carbons (Fsp3) is 0.280. The van der Waals surface area contributed by atoms with Crippen molar-refractivity contribution in [2.75, 3.05) is 11.9 Å². The Hall–Kier alpha value is -2.98. The van der Waals surface area contributed by atoms with Crippen LogP contribution in [0.1, 0.15) is 47.2 Å². The molecule has 1 atom stereocenters. The second-order valence-electron chi connectivity index (χ2n) is 7.77. The van der Waals surface area contributed by atoms with E-state index >= 15 is 0 Å². The number of anilines is 1. The summed E-state index contributed by atoms with van der Waals surface area (Å²) in [6.07, 6.45) is 5.08. The summed E-state index contributed by atoms with van der Waals surface area (Å²) in [6.45, 7) is 2.80. The van der Waals surface area contributed by atoms with Gasteiger partial charge in [0.15, 0.2) is 0 Å². The fourth-order valence-electron chi connectivity index (χ4n) is 3.44. The predicted octanol–water partition coefficient (Wildman–Crippen LogP) is 4.78. The van der Waals surface area contributed by atoms with Crippen molar-refractivity contribution in [3.8, 4) is 0 Å². The largest absolute Gasteiger partial charge is 0.323 e. The lowest BCUT2D eigenvalue weighted by atomic mass is 10.0. The van der Waals surface area contributed by atoms with Crippen molar-refractivity contribution in [2.24, 2.45) is 0 Å². The van der Waals surface area contributed by atoms with Crippen LogP contribution in [0, 0.1) is 6.92 Å². The molecule has 1 heterocycles. The molecule has 0 bridgehead atoms. The average Bonchev–Trinajstić information content (AvgIpc) is 3.59. The Kier molecular flexibility index (Phi) is 6.01. The van der Waals surface area contributed by atoms with Crippen LogP contribution in [0.2, 0.25) is 0 Å². The summed E-state index contributed by atoms with van der Waals surface area (Å²) >= 11 is 0. The molecule has 4 rings (SSSR count). The van der Waals surface area contributed by atoms with Gasteiger partial charge in [0.25, 0.3) is 0 Å². The Morgan fingerprint density at radius 2 is 1.79 bits per heavy atom. The highest BCUT2D eigenvalue weighted by atomic mass is 16.2. The van der Waals surface area contributed by atoms with Crippen LogP contribution in [-0.2, 0) is 11.2 Å². The highest BCUT2D eigenvalue weighted by Crippen LogP contribution is 2.38. The van der Waals surface area contributed by atoms with Gasteiger partial charge in [-0.25, -0.2) is 0 Å². The number of carbonyl (C=O) groups is 1. The molecule has 0 spiro atoms. The topological polar surface area (TPSA) is 54.0 Å². The Balaban J connectivity index is 1.41. The molecular weight excluding hydrogens is 358 g/mol. The van der Waals surface area contributed by atoms with Gasteiger partial charge in [0.05, 0.1) is 11.9 Å². The van der Waals surface area contributed by atoms with E-state index < -0.39 is 6.04 Å². The van der Waals surface area contributed by atoms with Crippen LogP contribution in [0.5, 0.6) is 0 Å². The number of aromatic nitrogens is 1. The van der Waals surface area contributed by atoms with Crippen molar-refractivity contribution in [3.63, 3.8) is 0 Å². The number of hydrogen-bond acceptors (Lipinski definition) is 3. The zero-order valence-electron chi connectivity index (χ0n) is 16.8. The third-order valence-corrected chi connectivity index (χ3v) is 5.33. The molecular formula is C25H27N3O. The molecule has 148 valence electrons. The summed E-state index contributed by atoms with van der Waals surface area (Å²) in [6, 6.07) is 21.9. The molecule has 0 unspecified atom stereocenters. The summed E-state index contributed by atoms with van der Waals surface area (Å²) in [5, 5.41) is 6.45. The van der Waals surface area contributed by atoms with Crippen molar-refractivity contribution in [2.45, 2.75) is 38.1 Å². The van der Waals surface area contributed by atoms with E-state index in [1.165, 1.54) is 24.0 Å². The first-order chi connectivity index (χ1) is 14.2. The van der Waals surface area contributed by atoms with Crippen LogP contribution in [0.15, 0.2) is 72.9 Å². The molecule has 2 N–H and O–H groups in total. The summed E-state index contributed by atoms with van der Waals surface area (Å²) in [5.41, 5.74) is 5.33. The Bertz CT molecular complexity index is 932. The second kappa shape index (κ2) is 9.01. The molecule has 1 saturated carbocycles. The number of pyridine rings is 1. The molecule has 0 aliphatic heterocycles. The molecule has 0 saturated heterocycles. The van der Waals surface area contributed by atoms with Gasteiger partial charge in [0, 0.05) is 18.2 Å². The van der Waals surface area contributed by atoms with Crippen LogP contribution in [-0.4, -0.2) is 17.4 Å². The van der Waals surface area contributed by atoms with Gasteiger partial charge >= 0.3 is 0 Å². The predicted molar refractivity (Wildman–Crippen MR) is 117 cm³/mol. The summed E-state index contributed by atoms with van der Waals surface area (Å²) in [7, 11) is 0. The quantitative estimate of drug-likeness (QED) is 0.587. The van der Waals surface area contributed by atoms with E-state index in [2.05, 4.69) is 46.8 Å². The molecule has 3 aromatic rings. The minimum absolute atomic E-state index is 0.0684. The van der Waals surface area contributed by atoms with Crippen LogP contribution in [0.25, 0.3) is 0 Å². The zero-order valence-corrected chi connectivity index (χ0v) is 16.8. The van der Waals surface area contributed by atoms with E-state index in [1.54, 1.807) is 6.20 Å². The van der Waals surface area contributed by atoms with E-state index in [-0.39, 0.29) is 5.91 Å². The maximum absolute atomic E-state index is 13.0. The number of hydrogen-bond donors (Lipinski definition) is 2. The highest BCUT2D eigenvalue weighted by molar-refractivity contribution is 5.95. The van der Waals surface area contributed by atoms with Gasteiger partial charge in [0.1, 0.15) is 6.04 Å². The maximum atomic E-state index is 13.0. The van der Waals surface area contributed by atoms with Gasteiger partial charge in [-0.1, -0.05) is 60.2 Å². The molecule has 4 nitrogen and oxygen atoms in total. The van der Waals surface area contributed by atoms with Crippen LogP contribution in [0.4, 0.5) is 5.69 Å². The normalized spacial score (nSPS) is 14.4. The summed E-state index contributed by atoms with van der Waals surface area (Å²) in [4.78, 5) is 17.5. The van der Waals surface area contributed by atoms with E-state index in [0.29, 0.717) is 5.92 Å². The lowest BCUT2D eigenvalue weighted by molar-refractivity contribution is -0.118. The fourth-order valence-corrected chi connectivity index (χ4v) is 3.44. The van der Waals surface area contributed by atoms with Gasteiger partial charge in [-0.05, 0) is 49.4 Å². The van der Waals surface area contributed by atoms with Crippen molar-refractivity contribution < 1.29 is 4.79 Å². The number of amides is 1. The average molecular weight is 386 g/mol. The molecule has 1 fully saturated rings. The first kappa shape index (κ1) is 19.3. The van der Waals surface area contributed by atoms with Crippen molar-refractivity contribution in [3.05, 3.63) is 95.3 Å². The minimum atomic E-state index is -0.412. The van der Waals surface area contributed by atoms with E-state index in [9.17, 15) is 4.79 Å². The summed E-state index contributed by atoms with van der Waals surface area (Å²) < 4.78 is 0. The molecule has 1 aromatic heterocycles. The van der Waals surface area contributed by atoms with Gasteiger partial charge < -0.3 is 10.6 Å². The number of benzene rings is 2. The van der Waals surface area contributed by atoms with E-state index in [1.807, 2.05) is 42.5 Å². The van der Waals surface area contributed by atoms with Crippen LogP contribution >= 0.6 is 0 Å². The first-order valence-electron chi connectivity index (χ1n) is 10.3. The van der Waals surface area contributed by atoms with Crippen LogP contribution in [0.3, 0.4) is 0 Å². The third-order valence-electron chi connectivity index (χ3n) is 5.33. The number of aryl methyl sites for hydroxylation is 1. The molecule has 1 aliphatic rings. The number of nitrogens with one attached hydrogen (secondary N) is 2. The monoisotopic (exact) mass is 385 g/mol. The Morgan fingerprint density at radius 1 is 1.03 bits per heavy atom. The standard InChI is InChI=1S/C25H27N3O/c1-18-7-9-19(10-8-18)15-16-26-24(21-5-3-2-4-6-21)25(29)28-22-13-14-23(27-17-22)20-11-12-20/h2-10,13-14,17,20,24,26H,11-12,15-16H2,1H3,(H,28,29)/t24-/m0/s1. The van der Waals surface area contributed by atoms with Crippen molar-refractivity contribution >= 4 is 11.6 Å². The molecule has 1 amide bonds. The van der Waals surface area contributed by atoms with Gasteiger partial charge in [-0.15, -0.1) is 0 Å².